The first-order valence-electron chi connectivity index (χ1n) is 5.54. The Bertz CT molecular complexity index is 444. The first-order chi connectivity index (χ1) is 8.43. The van der Waals surface area contributed by atoms with Gasteiger partial charge in [0.2, 0.25) is 0 Å². The molecule has 0 spiro atoms. The molecule has 0 unspecified atom stereocenters. The monoisotopic (exact) mass is 252 g/mol. The summed E-state index contributed by atoms with van der Waals surface area (Å²) in [6.45, 7) is 3.24. The molecule has 0 aliphatic heterocycles. The van der Waals surface area contributed by atoms with Gasteiger partial charge in [-0.15, -0.1) is 0 Å². The fourth-order valence-electron chi connectivity index (χ4n) is 1.21. The molecule has 0 heterocycles. The zero-order valence-corrected chi connectivity index (χ0v) is 10.4. The normalized spacial score (nSPS) is 11.6. The van der Waals surface area contributed by atoms with Crippen LogP contribution in [0.4, 0.5) is 9.18 Å². The molecule has 0 aliphatic rings. The van der Waals surface area contributed by atoms with Crippen LogP contribution in [-0.2, 0) is 0 Å². The number of amides is 2. The third kappa shape index (κ3) is 4.97. The predicted molar refractivity (Wildman–Crippen MR) is 68.3 cm³/mol. The Balaban J connectivity index is 2.48. The van der Waals surface area contributed by atoms with E-state index in [9.17, 15) is 9.18 Å². The van der Waals surface area contributed by atoms with Crippen molar-refractivity contribution in [2.24, 2.45) is 0 Å². The number of urea groups is 1. The van der Waals surface area contributed by atoms with Crippen LogP contribution in [0.5, 0.6) is 0 Å². The average Bonchev–Trinajstić information content (AvgIpc) is 2.28. The molecular weight excluding hydrogens is 235 g/mol. The fraction of sp³-hybridized carbons (Fsp3) is 0.308. The second-order valence-electron chi connectivity index (χ2n) is 4.53. The molecule has 0 bridgehead atoms. The molecule has 98 valence electrons. The molecule has 0 saturated heterocycles. The highest BCUT2D eigenvalue weighted by molar-refractivity contribution is 5.76. The fourth-order valence-corrected chi connectivity index (χ4v) is 1.21. The third-order valence-corrected chi connectivity index (χ3v) is 2.19. The van der Waals surface area contributed by atoms with Gasteiger partial charge in [-0.1, -0.05) is 12.1 Å². The van der Waals surface area contributed by atoms with Crippen LogP contribution >= 0.6 is 0 Å². The SMILES string of the molecule is CC(C)(CO)NC(=O)N/C=C/c1cccc(F)c1. The Hall–Kier alpha value is -1.88. The Morgan fingerprint density at radius 3 is 2.83 bits per heavy atom. The summed E-state index contributed by atoms with van der Waals surface area (Å²) >= 11 is 0. The standard InChI is InChI=1S/C13H17FN2O2/c1-13(2,9-17)16-12(18)15-7-6-10-4-3-5-11(14)8-10/h3-8,17H,9H2,1-2H3,(H2,15,16,18)/b7-6+. The second kappa shape index (κ2) is 6.16. The summed E-state index contributed by atoms with van der Waals surface area (Å²) in [5.41, 5.74) is -0.0340. The maximum absolute atomic E-state index is 12.9. The van der Waals surface area contributed by atoms with Gasteiger partial charge in [-0.25, -0.2) is 9.18 Å². The Labute approximate surface area is 106 Å². The average molecular weight is 252 g/mol. The number of benzene rings is 1. The molecule has 0 radical (unpaired) electrons. The highest BCUT2D eigenvalue weighted by atomic mass is 19.1. The van der Waals surface area contributed by atoms with Gasteiger partial charge in [-0.2, -0.15) is 0 Å². The van der Waals surface area contributed by atoms with Crippen molar-refractivity contribution in [3.8, 4) is 0 Å². The molecule has 0 atom stereocenters. The topological polar surface area (TPSA) is 61.4 Å². The summed E-state index contributed by atoms with van der Waals surface area (Å²) in [5, 5.41) is 14.0. The molecule has 1 aromatic rings. The largest absolute Gasteiger partial charge is 0.394 e. The first-order valence-corrected chi connectivity index (χ1v) is 5.54. The number of aliphatic hydroxyl groups excluding tert-OH is 1. The molecule has 0 saturated carbocycles. The number of nitrogens with one attached hydrogen (secondary N) is 2. The number of rotatable bonds is 4. The van der Waals surface area contributed by atoms with Crippen molar-refractivity contribution in [2.45, 2.75) is 19.4 Å². The van der Waals surface area contributed by atoms with Crippen LogP contribution in [-0.4, -0.2) is 23.3 Å². The summed E-state index contributed by atoms with van der Waals surface area (Å²) in [4.78, 5) is 11.4. The van der Waals surface area contributed by atoms with Crippen molar-refractivity contribution in [3.63, 3.8) is 0 Å². The number of halogens is 1. The highest BCUT2D eigenvalue weighted by Crippen LogP contribution is 2.04. The molecule has 1 aromatic carbocycles. The Morgan fingerprint density at radius 2 is 2.22 bits per heavy atom. The number of aliphatic hydroxyl groups is 1. The number of carbonyl (C=O) groups is 1. The summed E-state index contributed by atoms with van der Waals surface area (Å²) < 4.78 is 12.9. The van der Waals surface area contributed by atoms with Crippen LogP contribution < -0.4 is 10.6 Å². The lowest BCUT2D eigenvalue weighted by Crippen LogP contribution is -2.49. The van der Waals surface area contributed by atoms with Crippen LogP contribution in [0.1, 0.15) is 19.4 Å². The molecule has 3 N–H and O–H groups in total. The number of hydrogen-bond donors (Lipinski definition) is 3. The van der Waals surface area contributed by atoms with Crippen LogP contribution in [0.3, 0.4) is 0 Å². The van der Waals surface area contributed by atoms with Gasteiger partial charge in [-0.3, -0.25) is 0 Å². The van der Waals surface area contributed by atoms with Gasteiger partial charge in [0, 0.05) is 6.20 Å². The molecule has 4 nitrogen and oxygen atoms in total. The van der Waals surface area contributed by atoms with Crippen molar-refractivity contribution in [3.05, 3.63) is 41.8 Å². The third-order valence-electron chi connectivity index (χ3n) is 2.19. The lowest BCUT2D eigenvalue weighted by molar-refractivity contribution is 0.183. The van der Waals surface area contributed by atoms with Crippen molar-refractivity contribution in [2.75, 3.05) is 6.61 Å². The Morgan fingerprint density at radius 1 is 1.50 bits per heavy atom. The summed E-state index contributed by atoms with van der Waals surface area (Å²) in [7, 11) is 0. The van der Waals surface area contributed by atoms with Gasteiger partial charge >= 0.3 is 6.03 Å². The predicted octanol–water partition coefficient (Wildman–Crippen LogP) is 1.87. The lowest BCUT2D eigenvalue weighted by atomic mass is 10.1. The zero-order valence-electron chi connectivity index (χ0n) is 10.4. The smallest absolute Gasteiger partial charge is 0.319 e. The van der Waals surface area contributed by atoms with Gasteiger partial charge < -0.3 is 15.7 Å². The summed E-state index contributed by atoms with van der Waals surface area (Å²) in [5.74, 6) is -0.331. The van der Waals surface area contributed by atoms with Gasteiger partial charge in [0.25, 0.3) is 0 Å². The lowest BCUT2D eigenvalue weighted by Gasteiger charge is -2.22. The van der Waals surface area contributed by atoms with E-state index in [-0.39, 0.29) is 12.4 Å². The van der Waals surface area contributed by atoms with Crippen LogP contribution in [0.15, 0.2) is 30.5 Å². The van der Waals surface area contributed by atoms with E-state index in [1.165, 1.54) is 18.3 Å². The Kier molecular flexibility index (Phi) is 4.85. The van der Waals surface area contributed by atoms with Crippen LogP contribution in [0.2, 0.25) is 0 Å². The molecule has 5 heteroatoms. The number of hydrogen-bond acceptors (Lipinski definition) is 2. The maximum Gasteiger partial charge on any atom is 0.319 e. The van der Waals surface area contributed by atoms with E-state index in [1.54, 1.807) is 32.1 Å². The zero-order chi connectivity index (χ0) is 13.6. The van der Waals surface area contributed by atoms with Crippen molar-refractivity contribution in [1.29, 1.82) is 0 Å². The maximum atomic E-state index is 12.9. The quantitative estimate of drug-likeness (QED) is 0.766. The van der Waals surface area contributed by atoms with E-state index in [0.29, 0.717) is 5.56 Å². The van der Waals surface area contributed by atoms with Gasteiger partial charge in [0.15, 0.2) is 0 Å². The second-order valence-corrected chi connectivity index (χ2v) is 4.53. The molecular formula is C13H17FN2O2. The summed E-state index contributed by atoms with van der Waals surface area (Å²) in [6.07, 6.45) is 2.99. The van der Waals surface area contributed by atoms with Gasteiger partial charge in [-0.05, 0) is 37.6 Å². The van der Waals surface area contributed by atoms with Gasteiger partial charge in [0.05, 0.1) is 12.1 Å². The van der Waals surface area contributed by atoms with Crippen LogP contribution in [0, 0.1) is 5.82 Å². The van der Waals surface area contributed by atoms with Crippen LogP contribution in [0.25, 0.3) is 6.08 Å². The van der Waals surface area contributed by atoms with E-state index in [0.717, 1.165) is 0 Å². The molecule has 0 aromatic heterocycles. The minimum atomic E-state index is -0.684. The van der Waals surface area contributed by atoms with Crippen molar-refractivity contribution >= 4 is 12.1 Å². The van der Waals surface area contributed by atoms with E-state index in [2.05, 4.69) is 10.6 Å². The van der Waals surface area contributed by atoms with E-state index in [4.69, 9.17) is 5.11 Å². The summed E-state index contributed by atoms with van der Waals surface area (Å²) in [6, 6.07) is 5.58. The number of carbonyl (C=O) groups excluding carboxylic acids is 1. The minimum Gasteiger partial charge on any atom is -0.394 e. The van der Waals surface area contributed by atoms with Crippen molar-refractivity contribution in [1.82, 2.24) is 10.6 Å². The first kappa shape index (κ1) is 14.2. The highest BCUT2D eigenvalue weighted by Gasteiger charge is 2.17. The van der Waals surface area contributed by atoms with Crippen molar-refractivity contribution < 1.29 is 14.3 Å². The minimum absolute atomic E-state index is 0.159. The molecule has 18 heavy (non-hydrogen) atoms. The van der Waals surface area contributed by atoms with Gasteiger partial charge in [0.1, 0.15) is 5.82 Å². The van der Waals surface area contributed by atoms with E-state index in [1.807, 2.05) is 0 Å². The molecule has 1 rings (SSSR count). The molecule has 0 aliphatic carbocycles. The van der Waals surface area contributed by atoms with E-state index >= 15 is 0 Å². The molecule has 2 amide bonds. The molecule has 0 fully saturated rings. The van der Waals surface area contributed by atoms with E-state index < -0.39 is 11.6 Å².